The second-order valence-electron chi connectivity index (χ2n) is 1.36. The Morgan fingerprint density at radius 3 is 2.33 bits per heavy atom. The van der Waals surface area contributed by atoms with E-state index >= 15 is 0 Å². The molecule has 0 aliphatic heterocycles. The van der Waals surface area contributed by atoms with Crippen LogP contribution in [0.1, 0.15) is 0 Å². The van der Waals surface area contributed by atoms with Crippen LogP contribution < -0.4 is 0 Å². The third-order valence-corrected chi connectivity index (χ3v) is 0.574. The average molecular weight is 182 g/mol. The van der Waals surface area contributed by atoms with Gasteiger partial charge >= 0.3 is 18.3 Å². The van der Waals surface area contributed by atoms with E-state index in [1.54, 1.807) is 0 Å². The molecule has 1 N–H and O–H groups in total. The van der Waals surface area contributed by atoms with E-state index in [1.165, 1.54) is 0 Å². The van der Waals surface area contributed by atoms with Crippen LogP contribution in [0.25, 0.3) is 0 Å². The molecule has 0 atom stereocenters. The number of ether oxygens (including phenoxy) is 2. The zero-order chi connectivity index (χ0) is 9.56. The van der Waals surface area contributed by atoms with E-state index in [0.717, 1.165) is 0 Å². The fraction of sp³-hybridized carbons (Fsp3) is 0.250. The van der Waals surface area contributed by atoms with Crippen molar-refractivity contribution in [2.75, 3.05) is 6.61 Å². The number of carboxylic acid groups (broad SMARTS) is 1. The number of carbonyl (C=O) groups excluding carboxylic acids is 2. The normalized spacial score (nSPS) is 8.42. The van der Waals surface area contributed by atoms with Gasteiger partial charge in [-0.15, -0.1) is 0 Å². The highest BCUT2D eigenvalue weighted by Gasteiger charge is 2.13. The van der Waals surface area contributed by atoms with Crippen molar-refractivity contribution >= 4 is 18.3 Å². The summed E-state index contributed by atoms with van der Waals surface area (Å²) in [6.07, 6.45) is -3.60. The molecule has 0 bridgehead atoms. The Morgan fingerprint density at radius 2 is 1.92 bits per heavy atom. The first kappa shape index (κ1) is 10.1. The summed E-state index contributed by atoms with van der Waals surface area (Å²) < 4.78 is 18.0. The van der Waals surface area contributed by atoms with Gasteiger partial charge < -0.3 is 14.6 Å². The maximum absolute atomic E-state index is 10.9. The van der Waals surface area contributed by atoms with E-state index in [-0.39, 0.29) is 0 Å². The van der Waals surface area contributed by atoms with Crippen LogP contribution in [0.4, 0.5) is 14.1 Å². The molecular weight excluding hydrogens is 179 g/mol. The summed E-state index contributed by atoms with van der Waals surface area (Å²) in [5.41, 5.74) is 0. The molecule has 0 saturated carbocycles. The monoisotopic (exact) mass is 182 g/mol. The molecule has 0 spiro atoms. The average Bonchev–Trinajstić information content (AvgIpc) is 2.00. The van der Waals surface area contributed by atoms with E-state index < -0.39 is 24.9 Å². The lowest BCUT2D eigenvalue weighted by Crippen LogP contribution is -2.18. The first-order chi connectivity index (χ1) is 5.56. The highest BCUT2D eigenvalue weighted by molar-refractivity contribution is 5.83. The first-order valence-electron chi connectivity index (χ1n) is 2.45. The third-order valence-electron chi connectivity index (χ3n) is 0.574. The summed E-state index contributed by atoms with van der Waals surface area (Å²) in [7, 11) is 0. The summed E-state index contributed by atoms with van der Waals surface area (Å²) in [5, 5.41) is 7.83. The van der Waals surface area contributed by atoms with Crippen molar-refractivity contribution in [1.82, 2.24) is 0 Å². The number of esters is 1. The molecular formula is C4H3FO7. The van der Waals surface area contributed by atoms with Gasteiger partial charge in [0, 0.05) is 4.53 Å². The number of rotatable bonds is 2. The van der Waals surface area contributed by atoms with Crippen molar-refractivity contribution in [3.05, 3.63) is 0 Å². The minimum atomic E-state index is -1.88. The van der Waals surface area contributed by atoms with E-state index in [1.807, 2.05) is 0 Å². The predicted octanol–water partition coefficient (Wildman–Crippen LogP) is 0.245. The lowest BCUT2D eigenvalue weighted by atomic mass is 10.7. The van der Waals surface area contributed by atoms with Gasteiger partial charge in [0.05, 0.1) is 0 Å². The van der Waals surface area contributed by atoms with E-state index in [0.29, 0.717) is 0 Å². The second-order valence-corrected chi connectivity index (χ2v) is 1.36. The Morgan fingerprint density at radius 1 is 1.33 bits per heavy atom. The number of hydrogen-bond acceptors (Lipinski definition) is 6. The zero-order valence-corrected chi connectivity index (χ0v) is 5.48. The molecule has 8 heteroatoms. The molecule has 0 fully saturated rings. The Bertz CT molecular complexity index is 200. The molecule has 0 heterocycles. The highest BCUT2D eigenvalue weighted by Crippen LogP contribution is 1.88. The molecule has 0 aliphatic carbocycles. The summed E-state index contributed by atoms with van der Waals surface area (Å²) in [4.78, 5) is 32.1. The maximum atomic E-state index is 10.9. The molecule has 68 valence electrons. The van der Waals surface area contributed by atoms with Crippen LogP contribution in [-0.2, 0) is 19.2 Å². The van der Waals surface area contributed by atoms with E-state index in [2.05, 4.69) is 14.4 Å². The van der Waals surface area contributed by atoms with Crippen LogP contribution in [0.3, 0.4) is 0 Å². The Kier molecular flexibility index (Phi) is 4.12. The van der Waals surface area contributed by atoms with Gasteiger partial charge in [-0.1, -0.05) is 0 Å². The molecule has 0 unspecified atom stereocenters. The minimum absolute atomic E-state index is 1.01. The molecule has 0 aliphatic rings. The Hall–Kier alpha value is -1.86. The van der Waals surface area contributed by atoms with E-state index in [4.69, 9.17) is 5.11 Å². The fourth-order valence-corrected chi connectivity index (χ4v) is 0.259. The smallest absolute Gasteiger partial charge is 0.450 e. The van der Waals surface area contributed by atoms with Crippen molar-refractivity contribution in [1.29, 1.82) is 0 Å². The van der Waals surface area contributed by atoms with Crippen LogP contribution in [0.2, 0.25) is 0 Å². The van der Waals surface area contributed by atoms with Gasteiger partial charge in [-0.3, -0.25) is 0 Å². The summed E-state index contributed by atoms with van der Waals surface area (Å²) in [6.45, 7) is -1.01. The van der Waals surface area contributed by atoms with Crippen LogP contribution >= 0.6 is 0 Å². The summed E-state index contributed by atoms with van der Waals surface area (Å²) in [6, 6.07) is 0. The van der Waals surface area contributed by atoms with E-state index in [9.17, 15) is 18.9 Å². The van der Waals surface area contributed by atoms with Crippen molar-refractivity contribution in [2.45, 2.75) is 0 Å². The number of carbonyl (C=O) groups is 3. The molecule has 0 amide bonds. The predicted molar refractivity (Wildman–Crippen MR) is 27.7 cm³/mol. The Balaban J connectivity index is 3.60. The molecule has 0 aromatic rings. The van der Waals surface area contributed by atoms with Crippen LogP contribution in [0.5, 0.6) is 0 Å². The Labute approximate surface area is 64.5 Å². The molecule has 0 aromatic carbocycles. The highest BCUT2D eigenvalue weighted by atomic mass is 19.3. The van der Waals surface area contributed by atoms with Crippen LogP contribution in [-0.4, -0.2) is 30.0 Å². The second kappa shape index (κ2) is 4.88. The van der Waals surface area contributed by atoms with Gasteiger partial charge in [0.2, 0.25) is 0 Å². The van der Waals surface area contributed by atoms with Crippen molar-refractivity contribution in [2.24, 2.45) is 0 Å². The molecule has 7 nitrogen and oxygen atoms in total. The molecule has 0 aromatic heterocycles. The lowest BCUT2D eigenvalue weighted by molar-refractivity contribution is -0.153. The quantitative estimate of drug-likeness (QED) is 0.482. The lowest BCUT2D eigenvalue weighted by Gasteiger charge is -1.97. The molecule has 0 rings (SSSR count). The van der Waals surface area contributed by atoms with Crippen molar-refractivity contribution < 1.29 is 38.4 Å². The van der Waals surface area contributed by atoms with Gasteiger partial charge in [0.1, 0.15) is 0 Å². The van der Waals surface area contributed by atoms with Crippen molar-refractivity contribution in [3.63, 3.8) is 0 Å². The van der Waals surface area contributed by atoms with Crippen LogP contribution in [0.15, 0.2) is 0 Å². The summed E-state index contributed by atoms with van der Waals surface area (Å²) in [5.74, 6) is -1.37. The van der Waals surface area contributed by atoms with Crippen molar-refractivity contribution in [3.8, 4) is 0 Å². The fourth-order valence-electron chi connectivity index (χ4n) is 0.259. The number of hydrogen-bond donors (Lipinski definition) is 1. The van der Waals surface area contributed by atoms with Gasteiger partial charge in [-0.25, -0.2) is 14.5 Å². The van der Waals surface area contributed by atoms with Gasteiger partial charge in [-0.2, -0.15) is 4.79 Å². The minimum Gasteiger partial charge on any atom is -0.450 e. The third kappa shape index (κ3) is 4.97. The summed E-state index contributed by atoms with van der Waals surface area (Å²) >= 11 is 0. The SMILES string of the molecule is O=C(O)OCC(=O)OC(=O)OF. The largest absolute Gasteiger partial charge is 0.553 e. The van der Waals surface area contributed by atoms with Gasteiger partial charge in [0.15, 0.2) is 6.61 Å². The van der Waals surface area contributed by atoms with Crippen LogP contribution in [0, 0.1) is 0 Å². The maximum Gasteiger partial charge on any atom is 0.553 e. The zero-order valence-electron chi connectivity index (χ0n) is 5.48. The molecule has 12 heavy (non-hydrogen) atoms. The van der Waals surface area contributed by atoms with Gasteiger partial charge in [-0.05, 0) is 0 Å². The molecule has 0 radical (unpaired) electrons. The van der Waals surface area contributed by atoms with Gasteiger partial charge in [0.25, 0.3) is 0 Å². The number of halogens is 1. The standard InChI is InChI=1S/C4H3FO7/c5-12-4(9)11-2(6)1-10-3(7)8/h1H2,(H,7,8). The first-order valence-corrected chi connectivity index (χ1v) is 2.45. The topological polar surface area (TPSA) is 99.1 Å². The molecule has 0 saturated heterocycles.